The Morgan fingerprint density at radius 1 is 0.931 bits per heavy atom. The van der Waals surface area contributed by atoms with Gasteiger partial charge in [0, 0.05) is 5.92 Å². The minimum atomic E-state index is -0.151. The van der Waals surface area contributed by atoms with E-state index in [1.165, 1.54) is 44.1 Å². The molecule has 0 spiro atoms. The van der Waals surface area contributed by atoms with E-state index < -0.39 is 0 Å². The third-order valence-electron chi connectivity index (χ3n) is 7.88. The topological polar surface area (TPSA) is 18.5 Å². The van der Waals surface area contributed by atoms with Crippen LogP contribution in [0.3, 0.4) is 0 Å². The Balaban J connectivity index is 1.45. The van der Waals surface area contributed by atoms with Gasteiger partial charge in [0.15, 0.2) is 0 Å². The van der Waals surface area contributed by atoms with Gasteiger partial charge in [0.1, 0.15) is 5.75 Å². The lowest BCUT2D eigenvalue weighted by Crippen LogP contribution is -2.54. The van der Waals surface area contributed by atoms with Crippen LogP contribution < -0.4 is 4.74 Å². The van der Waals surface area contributed by atoms with Crippen LogP contribution in [0.2, 0.25) is 0 Å². The van der Waals surface area contributed by atoms with E-state index in [1.54, 1.807) is 0 Å². The molecule has 0 radical (unpaired) electrons. The molecule has 2 atom stereocenters. The summed E-state index contributed by atoms with van der Waals surface area (Å²) in [5, 5.41) is 0. The summed E-state index contributed by atoms with van der Waals surface area (Å²) < 4.78 is 13.3. The summed E-state index contributed by atoms with van der Waals surface area (Å²) in [6, 6.07) is 8.83. The van der Waals surface area contributed by atoms with Gasteiger partial charge in [-0.15, -0.1) is 0 Å². The Bertz CT molecular complexity index is 646. The zero-order valence-electron chi connectivity index (χ0n) is 19.5. The molecule has 4 aliphatic rings. The fourth-order valence-electron chi connectivity index (χ4n) is 6.98. The van der Waals surface area contributed by atoms with Gasteiger partial charge >= 0.3 is 0 Å². The molecule has 1 aromatic rings. The normalized spacial score (nSPS) is 33.1. The summed E-state index contributed by atoms with van der Waals surface area (Å²) in [7, 11) is 0. The van der Waals surface area contributed by atoms with Crippen molar-refractivity contribution < 1.29 is 9.47 Å². The van der Waals surface area contributed by atoms with Crippen molar-refractivity contribution in [2.45, 2.75) is 104 Å². The SMILES string of the molecule is CCC(c1ccc(OC(OC23CC4CC(CC(C4)C2)C3)C(C)C)cc1)C(C)(C)C. The maximum atomic E-state index is 6.85. The molecule has 0 saturated heterocycles. The third-order valence-corrected chi connectivity index (χ3v) is 7.88. The molecule has 0 heterocycles. The van der Waals surface area contributed by atoms with Gasteiger partial charge in [0.25, 0.3) is 0 Å². The van der Waals surface area contributed by atoms with Crippen molar-refractivity contribution in [2.75, 3.05) is 0 Å². The Morgan fingerprint density at radius 2 is 1.45 bits per heavy atom. The minimum absolute atomic E-state index is 0.0865. The van der Waals surface area contributed by atoms with E-state index in [0.29, 0.717) is 11.8 Å². The van der Waals surface area contributed by atoms with Gasteiger partial charge in [-0.3, -0.25) is 0 Å². The average molecular weight is 399 g/mol. The Kier molecular flexibility index (Phi) is 5.79. The molecule has 0 N–H and O–H groups in total. The lowest BCUT2D eigenvalue weighted by Gasteiger charge is -2.57. The van der Waals surface area contributed by atoms with Crippen molar-refractivity contribution >= 4 is 0 Å². The number of rotatable bonds is 7. The maximum absolute atomic E-state index is 6.85. The van der Waals surface area contributed by atoms with Crippen LogP contribution in [0.1, 0.15) is 98.0 Å². The summed E-state index contributed by atoms with van der Waals surface area (Å²) in [5.41, 5.74) is 1.78. The molecular weight excluding hydrogens is 356 g/mol. The zero-order valence-corrected chi connectivity index (χ0v) is 19.5. The fourth-order valence-corrected chi connectivity index (χ4v) is 6.98. The molecule has 1 aromatic carbocycles. The highest BCUT2D eigenvalue weighted by Crippen LogP contribution is 2.57. The van der Waals surface area contributed by atoms with Crippen LogP contribution >= 0.6 is 0 Å². The fraction of sp³-hybridized carbons (Fsp3) is 0.778. The predicted octanol–water partition coefficient (Wildman–Crippen LogP) is 7.57. The molecule has 4 fully saturated rings. The van der Waals surface area contributed by atoms with Gasteiger partial charge in [-0.1, -0.05) is 53.7 Å². The Labute approximate surface area is 178 Å². The third kappa shape index (κ3) is 4.53. The highest BCUT2D eigenvalue weighted by Gasteiger charge is 2.53. The molecule has 0 aromatic heterocycles. The number of hydrogen-bond acceptors (Lipinski definition) is 2. The van der Waals surface area contributed by atoms with Crippen LogP contribution in [0.15, 0.2) is 24.3 Å². The van der Waals surface area contributed by atoms with E-state index in [-0.39, 0.29) is 17.3 Å². The quantitative estimate of drug-likeness (QED) is 0.441. The van der Waals surface area contributed by atoms with Gasteiger partial charge in [-0.05, 0) is 91.7 Å². The first-order valence-electron chi connectivity index (χ1n) is 12.1. The minimum Gasteiger partial charge on any atom is -0.465 e. The zero-order chi connectivity index (χ0) is 20.8. The van der Waals surface area contributed by atoms with Crippen molar-refractivity contribution in [3.8, 4) is 5.75 Å². The van der Waals surface area contributed by atoms with E-state index in [2.05, 4.69) is 65.8 Å². The summed E-state index contributed by atoms with van der Waals surface area (Å²) in [5.74, 6) is 4.56. The lowest BCUT2D eigenvalue weighted by molar-refractivity contribution is -0.243. The van der Waals surface area contributed by atoms with Gasteiger partial charge in [0.2, 0.25) is 6.29 Å². The van der Waals surface area contributed by atoms with Crippen LogP contribution in [0.4, 0.5) is 0 Å². The highest BCUT2D eigenvalue weighted by molar-refractivity contribution is 5.30. The van der Waals surface area contributed by atoms with E-state index in [1.807, 2.05) is 0 Å². The van der Waals surface area contributed by atoms with Crippen molar-refractivity contribution in [2.24, 2.45) is 29.1 Å². The summed E-state index contributed by atoms with van der Waals surface area (Å²) in [6.07, 6.45) is 9.13. The molecule has 4 saturated carbocycles. The van der Waals surface area contributed by atoms with E-state index in [4.69, 9.17) is 9.47 Å². The predicted molar refractivity (Wildman–Crippen MR) is 120 cm³/mol. The van der Waals surface area contributed by atoms with E-state index in [0.717, 1.165) is 29.9 Å². The van der Waals surface area contributed by atoms with Crippen LogP contribution in [0.5, 0.6) is 5.75 Å². The second kappa shape index (κ2) is 7.91. The van der Waals surface area contributed by atoms with Crippen LogP contribution in [-0.4, -0.2) is 11.9 Å². The van der Waals surface area contributed by atoms with Gasteiger partial charge in [0.05, 0.1) is 5.60 Å². The summed E-state index contributed by atoms with van der Waals surface area (Å²) >= 11 is 0. The smallest absolute Gasteiger partial charge is 0.202 e. The number of hydrogen-bond donors (Lipinski definition) is 0. The molecule has 4 bridgehead atoms. The first kappa shape index (κ1) is 21.2. The molecule has 5 rings (SSSR count). The first-order chi connectivity index (χ1) is 13.7. The van der Waals surface area contributed by atoms with Gasteiger partial charge < -0.3 is 9.47 Å². The van der Waals surface area contributed by atoms with E-state index in [9.17, 15) is 0 Å². The van der Waals surface area contributed by atoms with Crippen LogP contribution in [-0.2, 0) is 4.74 Å². The maximum Gasteiger partial charge on any atom is 0.202 e. The number of ether oxygens (including phenoxy) is 2. The molecule has 29 heavy (non-hydrogen) atoms. The summed E-state index contributed by atoms with van der Waals surface area (Å²) in [4.78, 5) is 0. The van der Waals surface area contributed by atoms with Gasteiger partial charge in [-0.2, -0.15) is 0 Å². The molecule has 2 nitrogen and oxygen atoms in total. The second-order valence-corrected chi connectivity index (χ2v) is 11.8. The second-order valence-electron chi connectivity index (χ2n) is 11.8. The molecule has 4 aliphatic carbocycles. The molecule has 2 unspecified atom stereocenters. The molecular formula is C27H42O2. The molecule has 0 amide bonds. The monoisotopic (exact) mass is 398 g/mol. The summed E-state index contributed by atoms with van der Waals surface area (Å²) in [6.45, 7) is 13.7. The Morgan fingerprint density at radius 3 is 1.86 bits per heavy atom. The lowest BCUT2D eigenvalue weighted by atomic mass is 9.54. The molecule has 0 aliphatic heterocycles. The van der Waals surface area contributed by atoms with Crippen LogP contribution in [0, 0.1) is 29.1 Å². The van der Waals surface area contributed by atoms with Crippen molar-refractivity contribution in [3.63, 3.8) is 0 Å². The first-order valence-corrected chi connectivity index (χ1v) is 12.1. The molecule has 162 valence electrons. The molecule has 2 heteroatoms. The van der Waals surface area contributed by atoms with E-state index >= 15 is 0 Å². The largest absolute Gasteiger partial charge is 0.465 e. The number of benzene rings is 1. The Hall–Kier alpha value is -1.02. The van der Waals surface area contributed by atoms with Crippen LogP contribution in [0.25, 0.3) is 0 Å². The highest BCUT2D eigenvalue weighted by atomic mass is 16.7. The van der Waals surface area contributed by atoms with Crippen molar-refractivity contribution in [1.82, 2.24) is 0 Å². The standard InChI is InChI=1S/C27H42O2/c1-7-24(26(4,5)6)22-8-10-23(11-9-22)28-25(18(2)3)29-27-15-19-12-20(16-27)14-21(13-19)17-27/h8-11,18-21,24-25H,7,12-17H2,1-6H3. The van der Waals surface area contributed by atoms with Crippen molar-refractivity contribution in [1.29, 1.82) is 0 Å². The average Bonchev–Trinajstić information content (AvgIpc) is 2.60. The van der Waals surface area contributed by atoms with Crippen molar-refractivity contribution in [3.05, 3.63) is 29.8 Å². The van der Waals surface area contributed by atoms with Gasteiger partial charge in [-0.25, -0.2) is 0 Å².